The number of nitrogens with one attached hydrogen (secondary N) is 1. The van der Waals surface area contributed by atoms with E-state index in [-0.39, 0.29) is 5.41 Å². The molecule has 0 aromatic carbocycles. The Bertz CT molecular complexity index is 286. The van der Waals surface area contributed by atoms with Gasteiger partial charge in [0.1, 0.15) is 0 Å². The van der Waals surface area contributed by atoms with Crippen molar-refractivity contribution in [2.75, 3.05) is 6.54 Å². The molecule has 1 aromatic rings. The van der Waals surface area contributed by atoms with Gasteiger partial charge in [0.25, 0.3) is 0 Å². The lowest BCUT2D eigenvalue weighted by molar-refractivity contribution is 0.377. The molecular weight excluding hydrogens is 172 g/mol. The molecule has 1 unspecified atom stereocenters. The smallest absolute Gasteiger partial charge is 0.0270 e. The van der Waals surface area contributed by atoms with Gasteiger partial charge >= 0.3 is 0 Å². The third-order valence-corrected chi connectivity index (χ3v) is 3.36. The molecule has 0 bridgehead atoms. The lowest BCUT2D eigenvalue weighted by Gasteiger charge is -2.32. The molecule has 1 saturated heterocycles. The van der Waals surface area contributed by atoms with Crippen LogP contribution < -0.4 is 5.32 Å². The Morgan fingerprint density at radius 1 is 1.36 bits per heavy atom. The Morgan fingerprint density at radius 3 is 2.64 bits per heavy atom. The fourth-order valence-corrected chi connectivity index (χ4v) is 2.28. The summed E-state index contributed by atoms with van der Waals surface area (Å²) in [4.78, 5) is 4.07. The molecule has 1 aromatic heterocycles. The Kier molecular flexibility index (Phi) is 2.55. The normalized spacial score (nSPS) is 22.6. The molecule has 14 heavy (non-hydrogen) atoms. The molecule has 0 amide bonds. The topological polar surface area (TPSA) is 24.9 Å². The highest BCUT2D eigenvalue weighted by Crippen LogP contribution is 2.30. The quantitative estimate of drug-likeness (QED) is 0.772. The summed E-state index contributed by atoms with van der Waals surface area (Å²) in [6.07, 6.45) is 6.35. The zero-order valence-corrected chi connectivity index (χ0v) is 8.96. The molecule has 0 aliphatic carbocycles. The molecule has 76 valence electrons. The van der Waals surface area contributed by atoms with Crippen LogP contribution in [0.25, 0.3) is 0 Å². The lowest BCUT2D eigenvalue weighted by atomic mass is 9.77. The summed E-state index contributed by atoms with van der Waals surface area (Å²) in [7, 11) is 0. The third kappa shape index (κ3) is 1.67. The molecule has 1 atom stereocenters. The van der Waals surface area contributed by atoms with E-state index in [1.54, 1.807) is 0 Å². The minimum atomic E-state index is 0.222. The summed E-state index contributed by atoms with van der Waals surface area (Å²) in [6, 6.07) is 4.87. The van der Waals surface area contributed by atoms with Crippen molar-refractivity contribution < 1.29 is 0 Å². The van der Waals surface area contributed by atoms with Crippen LogP contribution in [-0.4, -0.2) is 17.6 Å². The van der Waals surface area contributed by atoms with Gasteiger partial charge < -0.3 is 5.32 Å². The summed E-state index contributed by atoms with van der Waals surface area (Å²) in [5.74, 6) is 0. The predicted molar refractivity (Wildman–Crippen MR) is 58.3 cm³/mol. The molecule has 1 fully saturated rings. The minimum absolute atomic E-state index is 0.222. The molecule has 2 rings (SSSR count). The zero-order chi connectivity index (χ0) is 10.0. The zero-order valence-electron chi connectivity index (χ0n) is 8.96. The van der Waals surface area contributed by atoms with Crippen LogP contribution in [0, 0.1) is 0 Å². The third-order valence-electron chi connectivity index (χ3n) is 3.36. The minimum Gasteiger partial charge on any atom is -0.313 e. The first kappa shape index (κ1) is 9.66. The molecule has 1 N–H and O–H groups in total. The monoisotopic (exact) mass is 190 g/mol. The van der Waals surface area contributed by atoms with Crippen LogP contribution in [0.5, 0.6) is 0 Å². The molecule has 0 radical (unpaired) electrons. The number of hydrogen-bond acceptors (Lipinski definition) is 2. The first-order valence-corrected chi connectivity index (χ1v) is 5.35. The summed E-state index contributed by atoms with van der Waals surface area (Å²) in [6.45, 7) is 5.79. The van der Waals surface area contributed by atoms with Gasteiger partial charge in [-0.05, 0) is 37.1 Å². The van der Waals surface area contributed by atoms with E-state index in [0.29, 0.717) is 6.04 Å². The van der Waals surface area contributed by atoms with Crippen LogP contribution in [0.2, 0.25) is 0 Å². The van der Waals surface area contributed by atoms with Gasteiger partial charge in [-0.3, -0.25) is 4.98 Å². The van der Waals surface area contributed by atoms with Gasteiger partial charge in [0.15, 0.2) is 0 Å². The highest BCUT2D eigenvalue weighted by molar-refractivity contribution is 5.23. The van der Waals surface area contributed by atoms with Crippen molar-refractivity contribution in [3.8, 4) is 0 Å². The molecular formula is C12H18N2. The Morgan fingerprint density at radius 2 is 2.07 bits per heavy atom. The van der Waals surface area contributed by atoms with Crippen LogP contribution in [0.1, 0.15) is 32.3 Å². The highest BCUT2D eigenvalue weighted by atomic mass is 15.0. The lowest BCUT2D eigenvalue weighted by Crippen LogP contribution is -2.40. The molecule has 0 spiro atoms. The SMILES string of the molecule is CC(C)(c1ccncc1)C1CCCN1. The van der Waals surface area contributed by atoms with E-state index < -0.39 is 0 Å². The Hall–Kier alpha value is -0.890. The van der Waals surface area contributed by atoms with Crippen molar-refractivity contribution in [3.63, 3.8) is 0 Å². The summed E-state index contributed by atoms with van der Waals surface area (Å²) in [5.41, 5.74) is 1.60. The molecule has 2 heterocycles. The van der Waals surface area contributed by atoms with Gasteiger partial charge in [0.05, 0.1) is 0 Å². The molecule has 1 aliphatic rings. The fraction of sp³-hybridized carbons (Fsp3) is 0.583. The number of hydrogen-bond donors (Lipinski definition) is 1. The van der Waals surface area contributed by atoms with E-state index in [1.165, 1.54) is 24.9 Å². The van der Waals surface area contributed by atoms with Gasteiger partial charge in [-0.1, -0.05) is 13.8 Å². The molecule has 2 nitrogen and oxygen atoms in total. The van der Waals surface area contributed by atoms with Gasteiger partial charge in [0, 0.05) is 23.9 Å². The van der Waals surface area contributed by atoms with E-state index in [2.05, 4.69) is 36.3 Å². The molecule has 2 heteroatoms. The largest absolute Gasteiger partial charge is 0.313 e. The maximum atomic E-state index is 4.07. The van der Waals surface area contributed by atoms with E-state index in [9.17, 15) is 0 Å². The second-order valence-electron chi connectivity index (χ2n) is 4.61. The van der Waals surface area contributed by atoms with Crippen LogP contribution in [0.4, 0.5) is 0 Å². The van der Waals surface area contributed by atoms with Crippen molar-refractivity contribution in [3.05, 3.63) is 30.1 Å². The van der Waals surface area contributed by atoms with Crippen molar-refractivity contribution in [2.45, 2.75) is 38.1 Å². The van der Waals surface area contributed by atoms with Crippen LogP contribution >= 0.6 is 0 Å². The first-order valence-electron chi connectivity index (χ1n) is 5.35. The second-order valence-corrected chi connectivity index (χ2v) is 4.61. The van der Waals surface area contributed by atoms with E-state index in [0.717, 1.165) is 0 Å². The van der Waals surface area contributed by atoms with Crippen molar-refractivity contribution in [2.24, 2.45) is 0 Å². The molecule has 1 aliphatic heterocycles. The summed E-state index contributed by atoms with van der Waals surface area (Å²) >= 11 is 0. The van der Waals surface area contributed by atoms with E-state index >= 15 is 0 Å². The van der Waals surface area contributed by atoms with Crippen molar-refractivity contribution >= 4 is 0 Å². The second kappa shape index (κ2) is 3.70. The fourth-order valence-electron chi connectivity index (χ4n) is 2.28. The maximum absolute atomic E-state index is 4.07. The summed E-state index contributed by atoms with van der Waals surface area (Å²) < 4.78 is 0. The number of nitrogens with zero attached hydrogens (tertiary/aromatic N) is 1. The Balaban J connectivity index is 2.22. The van der Waals surface area contributed by atoms with Gasteiger partial charge in [-0.25, -0.2) is 0 Å². The van der Waals surface area contributed by atoms with Gasteiger partial charge in [-0.15, -0.1) is 0 Å². The van der Waals surface area contributed by atoms with Crippen molar-refractivity contribution in [1.29, 1.82) is 0 Å². The van der Waals surface area contributed by atoms with E-state index in [4.69, 9.17) is 0 Å². The van der Waals surface area contributed by atoms with Crippen LogP contribution in [0.15, 0.2) is 24.5 Å². The average molecular weight is 190 g/mol. The van der Waals surface area contributed by atoms with Crippen molar-refractivity contribution in [1.82, 2.24) is 10.3 Å². The summed E-state index contributed by atoms with van der Waals surface area (Å²) in [5, 5.41) is 3.57. The van der Waals surface area contributed by atoms with Gasteiger partial charge in [0.2, 0.25) is 0 Å². The average Bonchev–Trinajstić information content (AvgIpc) is 2.72. The highest BCUT2D eigenvalue weighted by Gasteiger charge is 2.32. The van der Waals surface area contributed by atoms with Gasteiger partial charge in [-0.2, -0.15) is 0 Å². The number of aromatic nitrogens is 1. The van der Waals surface area contributed by atoms with Crippen LogP contribution in [0.3, 0.4) is 0 Å². The molecule has 0 saturated carbocycles. The maximum Gasteiger partial charge on any atom is 0.0270 e. The number of rotatable bonds is 2. The predicted octanol–water partition coefficient (Wildman–Crippen LogP) is 2.11. The first-order chi connectivity index (χ1) is 6.71. The van der Waals surface area contributed by atoms with Crippen LogP contribution in [-0.2, 0) is 5.41 Å². The van der Waals surface area contributed by atoms with E-state index in [1.807, 2.05) is 12.4 Å². The number of pyridine rings is 1. The Labute approximate surface area is 85.7 Å². The standard InChI is InChI=1S/C12H18N2/c1-12(2,11-4-3-7-14-11)10-5-8-13-9-6-10/h5-6,8-9,11,14H,3-4,7H2,1-2H3.